The molecular weight excluding hydrogens is 174 g/mol. The summed E-state index contributed by atoms with van der Waals surface area (Å²) in [5.41, 5.74) is 3.70. The molecule has 2 nitrogen and oxygen atoms in total. The standard InChI is InChI=1S/C12H15NO/c1-8-3-4-10-6-12(14)9(2)13-7-11(10)5-8/h3-5,9,13H,6-7H2,1-2H3. The van der Waals surface area contributed by atoms with Crippen molar-refractivity contribution in [1.82, 2.24) is 5.32 Å². The summed E-state index contributed by atoms with van der Waals surface area (Å²) >= 11 is 0. The van der Waals surface area contributed by atoms with Crippen molar-refractivity contribution in [2.75, 3.05) is 0 Å². The van der Waals surface area contributed by atoms with Gasteiger partial charge in [-0.05, 0) is 25.0 Å². The number of aryl methyl sites for hydroxylation is 1. The van der Waals surface area contributed by atoms with E-state index in [1.165, 1.54) is 16.7 Å². The first kappa shape index (κ1) is 9.41. The number of nitrogens with one attached hydrogen (secondary N) is 1. The van der Waals surface area contributed by atoms with Gasteiger partial charge in [0.25, 0.3) is 0 Å². The Bertz CT molecular complexity index is 371. The van der Waals surface area contributed by atoms with Gasteiger partial charge in [0.2, 0.25) is 0 Å². The Morgan fingerprint density at radius 2 is 2.14 bits per heavy atom. The monoisotopic (exact) mass is 189 g/mol. The van der Waals surface area contributed by atoms with Crippen molar-refractivity contribution < 1.29 is 4.79 Å². The maximum Gasteiger partial charge on any atom is 0.153 e. The molecule has 1 atom stereocenters. The van der Waals surface area contributed by atoms with Crippen molar-refractivity contribution in [2.45, 2.75) is 32.9 Å². The number of hydrogen-bond acceptors (Lipinski definition) is 2. The van der Waals surface area contributed by atoms with Gasteiger partial charge < -0.3 is 5.32 Å². The molecule has 0 aliphatic carbocycles. The maximum absolute atomic E-state index is 11.6. The van der Waals surface area contributed by atoms with Crippen LogP contribution in [0.1, 0.15) is 23.6 Å². The first-order chi connectivity index (χ1) is 6.66. The number of fused-ring (bicyclic) bond motifs is 1. The zero-order valence-electron chi connectivity index (χ0n) is 8.63. The number of Topliss-reactive ketones (excluding diaryl/α,β-unsaturated/α-hetero) is 1. The van der Waals surface area contributed by atoms with Gasteiger partial charge in [-0.3, -0.25) is 4.79 Å². The third-order valence-corrected chi connectivity index (χ3v) is 2.81. The van der Waals surface area contributed by atoms with E-state index < -0.39 is 0 Å². The van der Waals surface area contributed by atoms with Crippen LogP contribution in [0.4, 0.5) is 0 Å². The molecular formula is C12H15NO. The van der Waals surface area contributed by atoms with E-state index in [4.69, 9.17) is 0 Å². The van der Waals surface area contributed by atoms with E-state index in [9.17, 15) is 4.79 Å². The van der Waals surface area contributed by atoms with Crippen LogP contribution in [0.15, 0.2) is 18.2 Å². The molecule has 2 heteroatoms. The molecule has 1 aromatic carbocycles. The molecule has 1 heterocycles. The molecule has 1 aliphatic rings. The minimum Gasteiger partial charge on any atom is -0.304 e. The van der Waals surface area contributed by atoms with Crippen LogP contribution in [0.3, 0.4) is 0 Å². The molecule has 0 fully saturated rings. The van der Waals surface area contributed by atoms with Crippen molar-refractivity contribution in [3.63, 3.8) is 0 Å². The zero-order chi connectivity index (χ0) is 10.1. The highest BCUT2D eigenvalue weighted by atomic mass is 16.1. The van der Waals surface area contributed by atoms with Gasteiger partial charge >= 0.3 is 0 Å². The van der Waals surface area contributed by atoms with Crippen LogP contribution in [-0.4, -0.2) is 11.8 Å². The SMILES string of the molecule is Cc1ccc2c(c1)CNC(C)C(=O)C2. The zero-order valence-corrected chi connectivity index (χ0v) is 8.63. The second kappa shape index (κ2) is 3.54. The summed E-state index contributed by atoms with van der Waals surface area (Å²) in [6, 6.07) is 6.29. The third kappa shape index (κ3) is 1.70. The second-order valence-electron chi connectivity index (χ2n) is 4.02. The van der Waals surface area contributed by atoms with Gasteiger partial charge in [-0.2, -0.15) is 0 Å². The normalized spacial score (nSPS) is 21.6. The van der Waals surface area contributed by atoms with E-state index in [1.807, 2.05) is 6.92 Å². The molecule has 2 rings (SSSR count). The Morgan fingerprint density at radius 3 is 2.93 bits per heavy atom. The highest BCUT2D eigenvalue weighted by Crippen LogP contribution is 2.16. The molecule has 0 saturated heterocycles. The van der Waals surface area contributed by atoms with Crippen LogP contribution in [0.25, 0.3) is 0 Å². The lowest BCUT2D eigenvalue weighted by Crippen LogP contribution is -2.31. The maximum atomic E-state index is 11.6. The number of hydrogen-bond donors (Lipinski definition) is 1. The van der Waals surface area contributed by atoms with Gasteiger partial charge in [0, 0.05) is 13.0 Å². The van der Waals surface area contributed by atoms with Gasteiger partial charge in [0.15, 0.2) is 5.78 Å². The quantitative estimate of drug-likeness (QED) is 0.671. The van der Waals surface area contributed by atoms with E-state index in [0.29, 0.717) is 6.42 Å². The number of carbonyl (C=O) groups excluding carboxylic acids is 1. The minimum absolute atomic E-state index is 0.0114. The summed E-state index contributed by atoms with van der Waals surface area (Å²) in [4.78, 5) is 11.6. The molecule has 74 valence electrons. The molecule has 1 aliphatic heterocycles. The first-order valence-electron chi connectivity index (χ1n) is 5.01. The molecule has 0 bridgehead atoms. The Labute approximate surface area is 84.3 Å². The molecule has 0 spiro atoms. The molecule has 1 aromatic rings. The van der Waals surface area contributed by atoms with Gasteiger partial charge in [-0.1, -0.05) is 23.8 Å². The lowest BCUT2D eigenvalue weighted by Gasteiger charge is -2.06. The number of benzene rings is 1. The summed E-state index contributed by atoms with van der Waals surface area (Å²) in [7, 11) is 0. The summed E-state index contributed by atoms with van der Waals surface area (Å²) in [5.74, 6) is 0.285. The Morgan fingerprint density at radius 1 is 1.36 bits per heavy atom. The fourth-order valence-electron chi connectivity index (χ4n) is 1.81. The van der Waals surface area contributed by atoms with Gasteiger partial charge in [0.1, 0.15) is 0 Å². The van der Waals surface area contributed by atoms with E-state index in [1.54, 1.807) is 0 Å². The first-order valence-corrected chi connectivity index (χ1v) is 5.01. The molecule has 1 unspecified atom stereocenters. The highest BCUT2D eigenvalue weighted by molar-refractivity contribution is 5.86. The summed E-state index contributed by atoms with van der Waals surface area (Å²) < 4.78 is 0. The summed E-state index contributed by atoms with van der Waals surface area (Å²) in [5, 5.41) is 3.23. The van der Waals surface area contributed by atoms with Crippen LogP contribution in [0.5, 0.6) is 0 Å². The van der Waals surface area contributed by atoms with Crippen LogP contribution in [0.2, 0.25) is 0 Å². The summed E-state index contributed by atoms with van der Waals surface area (Å²) in [6.45, 7) is 4.82. The predicted molar refractivity (Wildman–Crippen MR) is 56.2 cm³/mol. The van der Waals surface area contributed by atoms with Crippen LogP contribution < -0.4 is 5.32 Å². The van der Waals surface area contributed by atoms with Crippen molar-refractivity contribution in [1.29, 1.82) is 0 Å². The van der Waals surface area contributed by atoms with E-state index >= 15 is 0 Å². The Kier molecular flexibility index (Phi) is 2.38. The highest BCUT2D eigenvalue weighted by Gasteiger charge is 2.18. The van der Waals surface area contributed by atoms with Crippen LogP contribution >= 0.6 is 0 Å². The van der Waals surface area contributed by atoms with E-state index in [-0.39, 0.29) is 11.8 Å². The van der Waals surface area contributed by atoms with Crippen molar-refractivity contribution in [3.05, 3.63) is 34.9 Å². The van der Waals surface area contributed by atoms with Crippen molar-refractivity contribution in [3.8, 4) is 0 Å². The topological polar surface area (TPSA) is 29.1 Å². The Balaban J connectivity index is 2.37. The third-order valence-electron chi connectivity index (χ3n) is 2.81. The molecule has 0 radical (unpaired) electrons. The van der Waals surface area contributed by atoms with E-state index in [0.717, 1.165) is 6.54 Å². The van der Waals surface area contributed by atoms with Crippen LogP contribution in [0, 0.1) is 6.92 Å². The predicted octanol–water partition coefficient (Wildman–Crippen LogP) is 1.60. The largest absolute Gasteiger partial charge is 0.304 e. The smallest absolute Gasteiger partial charge is 0.153 e. The number of ketones is 1. The lowest BCUT2D eigenvalue weighted by atomic mass is 10.0. The molecule has 0 amide bonds. The van der Waals surface area contributed by atoms with Crippen molar-refractivity contribution in [2.24, 2.45) is 0 Å². The Hall–Kier alpha value is -1.15. The van der Waals surface area contributed by atoms with E-state index in [2.05, 4.69) is 30.4 Å². The summed E-state index contributed by atoms with van der Waals surface area (Å²) in [6.07, 6.45) is 0.573. The molecule has 14 heavy (non-hydrogen) atoms. The average Bonchev–Trinajstić information content (AvgIpc) is 2.29. The van der Waals surface area contributed by atoms with Crippen molar-refractivity contribution >= 4 is 5.78 Å². The van der Waals surface area contributed by atoms with Crippen LogP contribution in [-0.2, 0) is 17.8 Å². The molecule has 0 aromatic heterocycles. The average molecular weight is 189 g/mol. The van der Waals surface area contributed by atoms with Gasteiger partial charge in [-0.25, -0.2) is 0 Å². The second-order valence-corrected chi connectivity index (χ2v) is 4.02. The minimum atomic E-state index is -0.0114. The number of carbonyl (C=O) groups is 1. The lowest BCUT2D eigenvalue weighted by molar-refractivity contribution is -0.119. The van der Waals surface area contributed by atoms with Gasteiger partial charge in [-0.15, -0.1) is 0 Å². The number of rotatable bonds is 0. The van der Waals surface area contributed by atoms with Gasteiger partial charge in [0.05, 0.1) is 6.04 Å². The molecule has 0 saturated carbocycles. The fraction of sp³-hybridized carbons (Fsp3) is 0.417. The molecule has 1 N–H and O–H groups in total. The fourth-order valence-corrected chi connectivity index (χ4v) is 1.81.